The van der Waals surface area contributed by atoms with Crippen molar-refractivity contribution in [1.82, 2.24) is 4.98 Å². The highest BCUT2D eigenvalue weighted by Crippen LogP contribution is 2.34. The zero-order valence-electron chi connectivity index (χ0n) is 10.5. The van der Waals surface area contributed by atoms with Gasteiger partial charge in [0, 0.05) is 24.0 Å². The van der Waals surface area contributed by atoms with E-state index in [1.807, 2.05) is 5.38 Å². The fourth-order valence-electron chi connectivity index (χ4n) is 1.96. The average molecular weight is 274 g/mol. The van der Waals surface area contributed by atoms with Crippen molar-refractivity contribution >= 4 is 22.4 Å². The molecule has 1 fully saturated rings. The summed E-state index contributed by atoms with van der Waals surface area (Å²) in [5, 5.41) is 11.9. The Labute approximate surface area is 115 Å². The van der Waals surface area contributed by atoms with Crippen molar-refractivity contribution in [2.75, 3.05) is 11.9 Å². The molecule has 1 aliphatic rings. The van der Waals surface area contributed by atoms with Crippen LogP contribution in [0, 0.1) is 0 Å². The van der Waals surface area contributed by atoms with E-state index in [1.165, 1.54) is 12.8 Å². The van der Waals surface area contributed by atoms with Crippen molar-refractivity contribution in [3.8, 4) is 11.3 Å². The zero-order valence-corrected chi connectivity index (χ0v) is 11.4. The van der Waals surface area contributed by atoms with E-state index in [4.69, 9.17) is 5.11 Å². The lowest BCUT2D eigenvalue weighted by molar-refractivity contribution is 0.0697. The van der Waals surface area contributed by atoms with E-state index in [0.717, 1.165) is 16.4 Å². The molecule has 0 aliphatic heterocycles. The fourth-order valence-corrected chi connectivity index (χ4v) is 2.83. The van der Waals surface area contributed by atoms with Gasteiger partial charge in [-0.1, -0.05) is 12.1 Å². The molecule has 0 amide bonds. The summed E-state index contributed by atoms with van der Waals surface area (Å²) in [7, 11) is 2.08. The second-order valence-corrected chi connectivity index (χ2v) is 5.58. The van der Waals surface area contributed by atoms with E-state index in [2.05, 4.69) is 16.9 Å². The number of nitrogens with zero attached hydrogens (tertiary/aromatic N) is 2. The summed E-state index contributed by atoms with van der Waals surface area (Å²) >= 11 is 1.63. The molecule has 1 N–H and O–H groups in total. The number of hydrogen-bond acceptors (Lipinski definition) is 4. The normalized spacial score (nSPS) is 14.4. The van der Waals surface area contributed by atoms with Crippen LogP contribution in [-0.4, -0.2) is 29.1 Å². The summed E-state index contributed by atoms with van der Waals surface area (Å²) in [5.41, 5.74) is 2.16. The van der Waals surface area contributed by atoms with Crippen LogP contribution in [0.2, 0.25) is 0 Å². The van der Waals surface area contributed by atoms with Crippen LogP contribution < -0.4 is 4.90 Å². The van der Waals surface area contributed by atoms with Crippen LogP contribution >= 0.6 is 11.3 Å². The molecule has 0 unspecified atom stereocenters. The van der Waals surface area contributed by atoms with Crippen LogP contribution in [0.5, 0.6) is 0 Å². The van der Waals surface area contributed by atoms with Crippen molar-refractivity contribution < 1.29 is 9.90 Å². The molecule has 0 atom stereocenters. The number of aromatic nitrogens is 1. The van der Waals surface area contributed by atoms with Crippen molar-refractivity contribution in [1.29, 1.82) is 0 Å². The molecule has 0 saturated heterocycles. The topological polar surface area (TPSA) is 53.4 Å². The fraction of sp³-hybridized carbons (Fsp3) is 0.286. The lowest BCUT2D eigenvalue weighted by atomic mass is 10.1. The van der Waals surface area contributed by atoms with Crippen LogP contribution in [0.25, 0.3) is 11.3 Å². The van der Waals surface area contributed by atoms with E-state index in [0.29, 0.717) is 11.6 Å². The smallest absolute Gasteiger partial charge is 0.335 e. The molecule has 1 aliphatic carbocycles. The van der Waals surface area contributed by atoms with Gasteiger partial charge in [0.15, 0.2) is 5.13 Å². The van der Waals surface area contributed by atoms with Crippen LogP contribution in [0.4, 0.5) is 5.13 Å². The Hall–Kier alpha value is -1.88. The van der Waals surface area contributed by atoms with Gasteiger partial charge >= 0.3 is 5.97 Å². The first kappa shape index (κ1) is 12.2. The molecule has 1 aromatic carbocycles. The lowest BCUT2D eigenvalue weighted by Crippen LogP contribution is -2.18. The highest BCUT2D eigenvalue weighted by molar-refractivity contribution is 7.14. The van der Waals surface area contributed by atoms with Gasteiger partial charge in [-0.3, -0.25) is 0 Å². The van der Waals surface area contributed by atoms with Crippen LogP contribution in [0.15, 0.2) is 29.6 Å². The molecular formula is C14H14N2O2S. The van der Waals surface area contributed by atoms with E-state index < -0.39 is 5.97 Å². The van der Waals surface area contributed by atoms with Gasteiger partial charge in [0.2, 0.25) is 0 Å². The number of rotatable bonds is 4. The predicted molar refractivity (Wildman–Crippen MR) is 75.9 cm³/mol. The summed E-state index contributed by atoms with van der Waals surface area (Å²) < 4.78 is 0. The molecule has 4 nitrogen and oxygen atoms in total. The molecule has 3 rings (SSSR count). The number of hydrogen-bond donors (Lipinski definition) is 1. The molecular weight excluding hydrogens is 260 g/mol. The summed E-state index contributed by atoms with van der Waals surface area (Å²) in [6.07, 6.45) is 2.50. The van der Waals surface area contributed by atoms with E-state index in [1.54, 1.807) is 35.6 Å². The van der Waals surface area contributed by atoms with Crippen LogP contribution in [0.1, 0.15) is 23.2 Å². The minimum atomic E-state index is -0.904. The van der Waals surface area contributed by atoms with E-state index >= 15 is 0 Å². The standard InChI is InChI=1S/C14H14N2O2S/c1-16(11-6-7-11)14-15-12(8-19-14)9-2-4-10(5-3-9)13(17)18/h2-5,8,11H,6-7H2,1H3,(H,17,18). The Morgan fingerprint density at radius 1 is 1.37 bits per heavy atom. The summed E-state index contributed by atoms with van der Waals surface area (Å²) in [6, 6.07) is 7.48. The van der Waals surface area contributed by atoms with Gasteiger partial charge in [0.05, 0.1) is 11.3 Å². The Morgan fingerprint density at radius 2 is 2.05 bits per heavy atom. The third-order valence-electron chi connectivity index (χ3n) is 3.32. The number of anilines is 1. The highest BCUT2D eigenvalue weighted by atomic mass is 32.1. The largest absolute Gasteiger partial charge is 0.478 e. The van der Waals surface area contributed by atoms with Crippen LogP contribution in [0.3, 0.4) is 0 Å². The van der Waals surface area contributed by atoms with Crippen molar-refractivity contribution in [3.63, 3.8) is 0 Å². The first-order valence-corrected chi connectivity index (χ1v) is 7.05. The molecule has 1 saturated carbocycles. The summed E-state index contributed by atoms with van der Waals surface area (Å²) in [5.74, 6) is -0.904. The lowest BCUT2D eigenvalue weighted by Gasteiger charge is -2.13. The SMILES string of the molecule is CN(c1nc(-c2ccc(C(=O)O)cc2)cs1)C1CC1. The number of thiazole rings is 1. The Morgan fingerprint density at radius 3 is 2.63 bits per heavy atom. The number of benzene rings is 1. The third kappa shape index (κ3) is 2.46. The minimum Gasteiger partial charge on any atom is -0.478 e. The van der Waals surface area contributed by atoms with Gasteiger partial charge < -0.3 is 10.0 Å². The highest BCUT2D eigenvalue weighted by Gasteiger charge is 2.28. The molecule has 0 bridgehead atoms. The molecule has 0 spiro atoms. The van der Waals surface area contributed by atoms with Gasteiger partial charge in [-0.2, -0.15) is 0 Å². The number of carboxylic acid groups (broad SMARTS) is 1. The van der Waals surface area contributed by atoms with Gasteiger partial charge in [-0.15, -0.1) is 11.3 Å². The number of carbonyl (C=O) groups is 1. The molecule has 5 heteroatoms. The average Bonchev–Trinajstić information content (AvgIpc) is 3.15. The number of aromatic carboxylic acids is 1. The Bertz CT molecular complexity index is 602. The van der Waals surface area contributed by atoms with Gasteiger partial charge in [-0.05, 0) is 25.0 Å². The van der Waals surface area contributed by atoms with E-state index in [-0.39, 0.29) is 0 Å². The van der Waals surface area contributed by atoms with Gasteiger partial charge in [-0.25, -0.2) is 9.78 Å². The van der Waals surface area contributed by atoms with Gasteiger partial charge in [0.1, 0.15) is 0 Å². The molecule has 1 heterocycles. The van der Waals surface area contributed by atoms with Crippen LogP contribution in [-0.2, 0) is 0 Å². The van der Waals surface area contributed by atoms with Gasteiger partial charge in [0.25, 0.3) is 0 Å². The first-order chi connectivity index (χ1) is 9.15. The summed E-state index contributed by atoms with van der Waals surface area (Å²) in [6.45, 7) is 0. The Balaban J connectivity index is 1.83. The molecule has 19 heavy (non-hydrogen) atoms. The molecule has 0 radical (unpaired) electrons. The quantitative estimate of drug-likeness (QED) is 0.930. The monoisotopic (exact) mass is 274 g/mol. The maximum atomic E-state index is 10.8. The first-order valence-electron chi connectivity index (χ1n) is 6.17. The Kier molecular flexibility index (Phi) is 2.98. The molecule has 2 aromatic rings. The maximum absolute atomic E-state index is 10.8. The summed E-state index contributed by atoms with van der Waals surface area (Å²) in [4.78, 5) is 17.6. The minimum absolute atomic E-state index is 0.300. The second-order valence-electron chi connectivity index (χ2n) is 4.74. The molecule has 98 valence electrons. The maximum Gasteiger partial charge on any atom is 0.335 e. The van der Waals surface area contributed by atoms with Crippen molar-refractivity contribution in [2.24, 2.45) is 0 Å². The second kappa shape index (κ2) is 4.66. The predicted octanol–water partition coefficient (Wildman–Crippen LogP) is 3.11. The zero-order chi connectivity index (χ0) is 13.4. The number of carboxylic acids is 1. The third-order valence-corrected chi connectivity index (χ3v) is 4.25. The van der Waals surface area contributed by atoms with E-state index in [9.17, 15) is 4.79 Å². The van der Waals surface area contributed by atoms with Crippen molar-refractivity contribution in [2.45, 2.75) is 18.9 Å². The molecule has 1 aromatic heterocycles. The van der Waals surface area contributed by atoms with Crippen molar-refractivity contribution in [3.05, 3.63) is 35.2 Å².